The van der Waals surface area contributed by atoms with Gasteiger partial charge in [-0.1, -0.05) is 0 Å². The predicted octanol–water partition coefficient (Wildman–Crippen LogP) is 1.04. The zero-order chi connectivity index (χ0) is 14.0. The molecule has 8 heteroatoms. The quantitative estimate of drug-likeness (QED) is 0.642. The second-order valence-corrected chi connectivity index (χ2v) is 4.61. The van der Waals surface area contributed by atoms with Gasteiger partial charge in [0.25, 0.3) is 11.4 Å². The van der Waals surface area contributed by atoms with Gasteiger partial charge in [-0.15, -0.1) is 0 Å². The molecule has 0 unspecified atom stereocenters. The maximum Gasteiger partial charge on any atom is 0.280 e. The van der Waals surface area contributed by atoms with Crippen molar-refractivity contribution in [3.63, 3.8) is 0 Å². The van der Waals surface area contributed by atoms with Crippen molar-refractivity contribution >= 4 is 11.4 Å². The van der Waals surface area contributed by atoms with Crippen LogP contribution in [0.2, 0.25) is 0 Å². The monoisotopic (exact) mass is 266 g/mol. The Morgan fingerprint density at radius 3 is 2.58 bits per heavy atom. The highest BCUT2D eigenvalue weighted by atomic mass is 16.6. The molecule has 0 amide bonds. The van der Waals surface area contributed by atoms with E-state index in [2.05, 4.69) is 0 Å². The van der Waals surface area contributed by atoms with Crippen LogP contribution in [0.3, 0.4) is 0 Å². The predicted molar refractivity (Wildman–Crippen MR) is 67.6 cm³/mol. The normalized spacial score (nSPS) is 19.5. The standard InChI is InChI=1S/C11H14N4O4/c12-9-3-4-13(7-9)6-8-1-2-10(14(16)17)5-11(8)15(18)19/h1-2,5,9H,3-4,6-7,12H2/t9-/m0/s1. The lowest BCUT2D eigenvalue weighted by molar-refractivity contribution is -0.394. The first-order valence-corrected chi connectivity index (χ1v) is 5.87. The van der Waals surface area contributed by atoms with Crippen LogP contribution in [0.5, 0.6) is 0 Å². The molecule has 0 radical (unpaired) electrons. The van der Waals surface area contributed by atoms with Crippen LogP contribution in [0.1, 0.15) is 12.0 Å². The van der Waals surface area contributed by atoms with Crippen molar-refractivity contribution < 1.29 is 9.85 Å². The lowest BCUT2D eigenvalue weighted by Crippen LogP contribution is -2.26. The van der Waals surface area contributed by atoms with Crippen LogP contribution in [0.4, 0.5) is 11.4 Å². The van der Waals surface area contributed by atoms with Gasteiger partial charge in [-0.2, -0.15) is 0 Å². The minimum atomic E-state index is -0.636. The van der Waals surface area contributed by atoms with Gasteiger partial charge in [0.05, 0.1) is 15.9 Å². The summed E-state index contributed by atoms with van der Waals surface area (Å²) in [6, 6.07) is 3.83. The van der Waals surface area contributed by atoms with E-state index in [-0.39, 0.29) is 17.4 Å². The van der Waals surface area contributed by atoms with Gasteiger partial charge in [0, 0.05) is 37.3 Å². The molecule has 1 heterocycles. The number of non-ortho nitro benzene ring substituents is 1. The van der Waals surface area contributed by atoms with E-state index >= 15 is 0 Å². The summed E-state index contributed by atoms with van der Waals surface area (Å²) >= 11 is 0. The zero-order valence-electron chi connectivity index (χ0n) is 10.2. The molecule has 1 aliphatic rings. The Morgan fingerprint density at radius 1 is 1.32 bits per heavy atom. The minimum absolute atomic E-state index is 0.0945. The highest BCUT2D eigenvalue weighted by Gasteiger charge is 2.24. The maximum absolute atomic E-state index is 11.0. The fourth-order valence-corrected chi connectivity index (χ4v) is 2.22. The second kappa shape index (κ2) is 5.29. The molecule has 2 rings (SSSR count). The molecular formula is C11H14N4O4. The number of nitrogens with two attached hydrogens (primary N) is 1. The van der Waals surface area contributed by atoms with Crippen LogP contribution < -0.4 is 5.73 Å². The molecule has 1 saturated heterocycles. The molecule has 0 spiro atoms. The summed E-state index contributed by atoms with van der Waals surface area (Å²) in [4.78, 5) is 22.4. The summed E-state index contributed by atoms with van der Waals surface area (Å²) in [7, 11) is 0. The van der Waals surface area contributed by atoms with Crippen molar-refractivity contribution in [2.75, 3.05) is 13.1 Å². The minimum Gasteiger partial charge on any atom is -0.326 e. The lowest BCUT2D eigenvalue weighted by atomic mass is 10.1. The average molecular weight is 266 g/mol. The maximum atomic E-state index is 11.0. The van der Waals surface area contributed by atoms with E-state index in [0.29, 0.717) is 18.7 Å². The number of rotatable bonds is 4. The van der Waals surface area contributed by atoms with Crippen molar-refractivity contribution in [2.24, 2.45) is 5.73 Å². The van der Waals surface area contributed by atoms with Gasteiger partial charge in [0.2, 0.25) is 0 Å². The Labute approximate surface area is 109 Å². The van der Waals surface area contributed by atoms with Gasteiger partial charge >= 0.3 is 0 Å². The summed E-state index contributed by atoms with van der Waals surface area (Å²) < 4.78 is 0. The van der Waals surface area contributed by atoms with Crippen LogP contribution in [-0.4, -0.2) is 33.9 Å². The molecule has 8 nitrogen and oxygen atoms in total. The Morgan fingerprint density at radius 2 is 2.05 bits per heavy atom. The van der Waals surface area contributed by atoms with Crippen LogP contribution in [-0.2, 0) is 6.54 Å². The summed E-state index contributed by atoms with van der Waals surface area (Å²) in [6.45, 7) is 1.87. The van der Waals surface area contributed by atoms with E-state index in [0.717, 1.165) is 19.0 Å². The third-order valence-corrected chi connectivity index (χ3v) is 3.18. The molecular weight excluding hydrogens is 252 g/mol. The van der Waals surface area contributed by atoms with Crippen molar-refractivity contribution in [3.8, 4) is 0 Å². The molecule has 1 atom stereocenters. The van der Waals surface area contributed by atoms with Gasteiger partial charge in [-0.05, 0) is 12.5 Å². The lowest BCUT2D eigenvalue weighted by Gasteiger charge is -2.14. The molecule has 0 bridgehead atoms. The SMILES string of the molecule is N[C@H]1CCN(Cc2ccc([N+](=O)[O-])cc2[N+](=O)[O-])C1. The fourth-order valence-electron chi connectivity index (χ4n) is 2.22. The molecule has 1 aliphatic heterocycles. The third-order valence-electron chi connectivity index (χ3n) is 3.18. The number of nitro benzene ring substituents is 2. The average Bonchev–Trinajstić information content (AvgIpc) is 2.74. The first-order valence-electron chi connectivity index (χ1n) is 5.87. The summed E-state index contributed by atoms with van der Waals surface area (Å²) in [5.74, 6) is 0. The molecule has 19 heavy (non-hydrogen) atoms. The Hall–Kier alpha value is -2.06. The van der Waals surface area contributed by atoms with Crippen LogP contribution >= 0.6 is 0 Å². The van der Waals surface area contributed by atoms with Crippen molar-refractivity contribution in [3.05, 3.63) is 44.0 Å². The van der Waals surface area contributed by atoms with Crippen LogP contribution in [0, 0.1) is 20.2 Å². The Kier molecular flexibility index (Phi) is 3.72. The van der Waals surface area contributed by atoms with Gasteiger partial charge < -0.3 is 5.73 Å². The van der Waals surface area contributed by atoms with Crippen molar-refractivity contribution in [2.45, 2.75) is 19.0 Å². The van der Waals surface area contributed by atoms with E-state index in [1.54, 1.807) is 0 Å². The number of likely N-dealkylation sites (tertiary alicyclic amines) is 1. The number of nitro groups is 2. The fraction of sp³-hybridized carbons (Fsp3) is 0.455. The molecule has 2 N–H and O–H groups in total. The first kappa shape index (κ1) is 13.4. The number of hydrogen-bond donors (Lipinski definition) is 1. The highest BCUT2D eigenvalue weighted by Crippen LogP contribution is 2.26. The smallest absolute Gasteiger partial charge is 0.280 e. The van der Waals surface area contributed by atoms with Gasteiger partial charge in [0.15, 0.2) is 0 Å². The molecule has 102 valence electrons. The van der Waals surface area contributed by atoms with E-state index in [4.69, 9.17) is 5.73 Å². The van der Waals surface area contributed by atoms with E-state index in [1.807, 2.05) is 4.90 Å². The van der Waals surface area contributed by atoms with Gasteiger partial charge in [-0.25, -0.2) is 0 Å². The molecule has 1 aromatic rings. The van der Waals surface area contributed by atoms with E-state index < -0.39 is 9.85 Å². The highest BCUT2D eigenvalue weighted by molar-refractivity contribution is 5.49. The van der Waals surface area contributed by atoms with Gasteiger partial charge in [-0.3, -0.25) is 25.1 Å². The number of hydrogen-bond acceptors (Lipinski definition) is 6. The molecule has 0 aromatic heterocycles. The molecule has 1 aromatic carbocycles. The topological polar surface area (TPSA) is 116 Å². The summed E-state index contributed by atoms with van der Waals surface area (Å²) in [5.41, 5.74) is 5.77. The summed E-state index contributed by atoms with van der Waals surface area (Å²) in [5, 5.41) is 21.6. The second-order valence-electron chi connectivity index (χ2n) is 4.61. The van der Waals surface area contributed by atoms with Crippen molar-refractivity contribution in [1.29, 1.82) is 0 Å². The van der Waals surface area contributed by atoms with E-state index in [9.17, 15) is 20.2 Å². The molecule has 0 saturated carbocycles. The van der Waals surface area contributed by atoms with Gasteiger partial charge in [0.1, 0.15) is 0 Å². The first-order chi connectivity index (χ1) is 8.97. The van der Waals surface area contributed by atoms with Crippen LogP contribution in [0.25, 0.3) is 0 Å². The molecule has 1 fully saturated rings. The Bertz CT molecular complexity index is 519. The van der Waals surface area contributed by atoms with Crippen molar-refractivity contribution in [1.82, 2.24) is 4.90 Å². The largest absolute Gasteiger partial charge is 0.326 e. The van der Waals surface area contributed by atoms with E-state index in [1.165, 1.54) is 12.1 Å². The summed E-state index contributed by atoms with van der Waals surface area (Å²) in [6.07, 6.45) is 0.862. The Balaban J connectivity index is 2.24. The number of benzene rings is 1. The van der Waals surface area contributed by atoms with Crippen LogP contribution in [0.15, 0.2) is 18.2 Å². The zero-order valence-corrected chi connectivity index (χ0v) is 10.2. The molecule has 0 aliphatic carbocycles. The number of nitrogens with zero attached hydrogens (tertiary/aromatic N) is 3. The third kappa shape index (κ3) is 3.04.